The molecule has 0 fully saturated rings. The molecule has 6 heteroatoms. The smallest absolute Gasteiger partial charge is 0.257 e. The van der Waals surface area contributed by atoms with Gasteiger partial charge < -0.3 is 14.6 Å². The number of nitrogens with zero attached hydrogens (tertiary/aromatic N) is 2. The van der Waals surface area contributed by atoms with Gasteiger partial charge in [0.15, 0.2) is 5.43 Å². The van der Waals surface area contributed by atoms with Crippen molar-refractivity contribution in [3.05, 3.63) is 98.7 Å². The fraction of sp³-hybridized carbons (Fsp3) is 0.320. The second-order valence-corrected chi connectivity index (χ2v) is 7.85. The van der Waals surface area contributed by atoms with Crippen molar-refractivity contribution >= 4 is 5.91 Å². The molecule has 1 N–H and O–H groups in total. The van der Waals surface area contributed by atoms with Crippen LogP contribution in [0.5, 0.6) is 0 Å². The quantitative estimate of drug-likeness (QED) is 0.608. The summed E-state index contributed by atoms with van der Waals surface area (Å²) in [6, 6.07) is 13.2. The van der Waals surface area contributed by atoms with Crippen LogP contribution in [-0.4, -0.2) is 35.2 Å². The van der Waals surface area contributed by atoms with Crippen LogP contribution in [0.1, 0.15) is 45.4 Å². The van der Waals surface area contributed by atoms with E-state index in [0.29, 0.717) is 25.3 Å². The van der Waals surface area contributed by atoms with Gasteiger partial charge in [-0.25, -0.2) is 0 Å². The molecule has 0 aliphatic carbocycles. The molecule has 0 spiro atoms. The number of amides is 1. The van der Waals surface area contributed by atoms with E-state index < -0.39 is 0 Å². The van der Waals surface area contributed by atoms with Gasteiger partial charge in [0.1, 0.15) is 5.56 Å². The molecular formula is C25H29N3O3. The minimum absolute atomic E-state index is 0.186. The number of hydrogen-bond donors (Lipinski definition) is 1. The number of aromatic nitrogens is 2. The number of rotatable bonds is 8. The second-order valence-electron chi connectivity index (χ2n) is 7.85. The molecule has 1 atom stereocenters. The second kappa shape index (κ2) is 10.2. The molecule has 1 aromatic carbocycles. The van der Waals surface area contributed by atoms with Crippen molar-refractivity contribution in [3.63, 3.8) is 0 Å². The Bertz CT molecular complexity index is 1110. The van der Waals surface area contributed by atoms with E-state index in [2.05, 4.69) is 14.9 Å². The molecular weight excluding hydrogens is 390 g/mol. The normalized spacial score (nSPS) is 11.9. The highest BCUT2D eigenvalue weighted by molar-refractivity contribution is 5.95. The molecule has 0 bridgehead atoms. The van der Waals surface area contributed by atoms with Crippen molar-refractivity contribution < 1.29 is 9.53 Å². The Labute approximate surface area is 182 Å². The highest BCUT2D eigenvalue weighted by Crippen LogP contribution is 2.19. The lowest BCUT2D eigenvalue weighted by Gasteiger charge is -2.22. The lowest BCUT2D eigenvalue weighted by atomic mass is 9.99. The van der Waals surface area contributed by atoms with Crippen molar-refractivity contribution in [2.45, 2.75) is 39.8 Å². The summed E-state index contributed by atoms with van der Waals surface area (Å²) in [7, 11) is 1.58. The Morgan fingerprint density at radius 1 is 1.16 bits per heavy atom. The van der Waals surface area contributed by atoms with Gasteiger partial charge in [0.05, 0.1) is 6.61 Å². The summed E-state index contributed by atoms with van der Waals surface area (Å²) in [5, 5.41) is 2.90. The van der Waals surface area contributed by atoms with Gasteiger partial charge >= 0.3 is 0 Å². The van der Waals surface area contributed by atoms with Crippen LogP contribution in [-0.2, 0) is 17.7 Å². The van der Waals surface area contributed by atoms with E-state index in [1.807, 2.05) is 57.2 Å². The van der Waals surface area contributed by atoms with Crippen LogP contribution < -0.4 is 10.7 Å². The van der Waals surface area contributed by atoms with E-state index in [0.717, 1.165) is 22.4 Å². The zero-order valence-electron chi connectivity index (χ0n) is 18.5. The molecule has 2 heterocycles. The molecule has 6 nitrogen and oxygen atoms in total. The SMILES string of the molecule is COC[C@H](C)NC(=O)c1c(Cc2ccccc2C)n(Cc2ccncc2)c(C)cc1=O. The number of nitrogens with one attached hydrogen (secondary N) is 1. The van der Waals surface area contributed by atoms with Crippen molar-refractivity contribution in [2.75, 3.05) is 13.7 Å². The van der Waals surface area contributed by atoms with Crippen molar-refractivity contribution in [1.82, 2.24) is 14.9 Å². The van der Waals surface area contributed by atoms with E-state index in [-0.39, 0.29) is 22.9 Å². The maximum atomic E-state index is 13.2. The van der Waals surface area contributed by atoms with E-state index in [9.17, 15) is 9.59 Å². The topological polar surface area (TPSA) is 73.2 Å². The van der Waals surface area contributed by atoms with Crippen LogP contribution >= 0.6 is 0 Å². The summed E-state index contributed by atoms with van der Waals surface area (Å²) in [6.45, 7) is 6.71. The van der Waals surface area contributed by atoms with E-state index >= 15 is 0 Å². The van der Waals surface area contributed by atoms with Crippen molar-refractivity contribution in [3.8, 4) is 0 Å². The van der Waals surface area contributed by atoms with Gasteiger partial charge in [-0.3, -0.25) is 14.6 Å². The standard InChI is InChI=1S/C25H29N3O3/c1-17-7-5-6-8-21(17)14-22-24(25(30)27-18(2)16-31-4)23(29)13-19(3)28(22)15-20-9-11-26-12-10-20/h5-13,18H,14-16H2,1-4H3,(H,27,30)/t18-/m0/s1. The Morgan fingerprint density at radius 3 is 2.55 bits per heavy atom. The van der Waals surface area contributed by atoms with E-state index in [1.165, 1.54) is 0 Å². The van der Waals surface area contributed by atoms with Gasteiger partial charge in [-0.15, -0.1) is 0 Å². The Kier molecular flexibility index (Phi) is 7.36. The van der Waals surface area contributed by atoms with Crippen LogP contribution in [0.25, 0.3) is 0 Å². The molecule has 0 saturated carbocycles. The number of aryl methyl sites for hydroxylation is 2. The molecule has 3 aromatic rings. The van der Waals surface area contributed by atoms with Crippen molar-refractivity contribution in [2.24, 2.45) is 0 Å². The van der Waals surface area contributed by atoms with Crippen LogP contribution in [0, 0.1) is 13.8 Å². The third-order valence-electron chi connectivity index (χ3n) is 5.36. The maximum Gasteiger partial charge on any atom is 0.257 e. The van der Waals surface area contributed by atoms with Gasteiger partial charge in [-0.05, 0) is 49.6 Å². The molecule has 0 aliphatic rings. The number of pyridine rings is 2. The lowest BCUT2D eigenvalue weighted by molar-refractivity contribution is 0.0902. The Balaban J connectivity index is 2.14. The largest absolute Gasteiger partial charge is 0.383 e. The number of methoxy groups -OCH3 is 1. The minimum atomic E-state index is -0.374. The minimum Gasteiger partial charge on any atom is -0.383 e. The molecule has 0 aliphatic heterocycles. The number of carbonyl (C=O) groups excluding carboxylic acids is 1. The summed E-state index contributed by atoms with van der Waals surface area (Å²) in [4.78, 5) is 30.3. The third kappa shape index (κ3) is 5.47. The average molecular weight is 420 g/mol. The Hall–Kier alpha value is -3.25. The predicted molar refractivity (Wildman–Crippen MR) is 122 cm³/mol. The number of ether oxygens (including phenoxy) is 1. The molecule has 0 unspecified atom stereocenters. The van der Waals surface area contributed by atoms with Gasteiger partial charge in [-0.2, -0.15) is 0 Å². The zero-order chi connectivity index (χ0) is 22.4. The third-order valence-corrected chi connectivity index (χ3v) is 5.36. The first-order chi connectivity index (χ1) is 14.9. The van der Waals surface area contributed by atoms with Gasteiger partial charge in [-0.1, -0.05) is 24.3 Å². The summed E-state index contributed by atoms with van der Waals surface area (Å²) >= 11 is 0. The molecule has 0 radical (unpaired) electrons. The predicted octanol–water partition coefficient (Wildman–Crippen LogP) is 3.26. The van der Waals surface area contributed by atoms with E-state index in [4.69, 9.17) is 4.74 Å². The first kappa shape index (κ1) is 22.4. The van der Waals surface area contributed by atoms with Crippen LogP contribution in [0.3, 0.4) is 0 Å². The molecule has 0 saturated heterocycles. The highest BCUT2D eigenvalue weighted by Gasteiger charge is 2.22. The maximum absolute atomic E-state index is 13.2. The van der Waals surface area contributed by atoms with Gasteiger partial charge in [0.2, 0.25) is 0 Å². The molecule has 162 valence electrons. The highest BCUT2D eigenvalue weighted by atomic mass is 16.5. The average Bonchev–Trinajstić information content (AvgIpc) is 2.73. The van der Waals surface area contributed by atoms with Crippen LogP contribution in [0.4, 0.5) is 0 Å². The number of hydrogen-bond acceptors (Lipinski definition) is 4. The first-order valence-electron chi connectivity index (χ1n) is 10.4. The fourth-order valence-electron chi connectivity index (χ4n) is 3.72. The lowest BCUT2D eigenvalue weighted by Crippen LogP contribution is -2.39. The van der Waals surface area contributed by atoms with E-state index in [1.54, 1.807) is 25.6 Å². The Morgan fingerprint density at radius 2 is 1.87 bits per heavy atom. The summed E-state index contributed by atoms with van der Waals surface area (Å²) in [6.07, 6.45) is 3.97. The number of carbonyl (C=O) groups is 1. The zero-order valence-corrected chi connectivity index (χ0v) is 18.5. The molecule has 3 rings (SSSR count). The summed E-state index contributed by atoms with van der Waals surface area (Å²) in [5.74, 6) is -0.374. The fourth-order valence-corrected chi connectivity index (χ4v) is 3.72. The van der Waals surface area contributed by atoms with Crippen LogP contribution in [0.15, 0.2) is 59.7 Å². The van der Waals surface area contributed by atoms with Gasteiger partial charge in [0.25, 0.3) is 5.91 Å². The monoisotopic (exact) mass is 419 g/mol. The first-order valence-corrected chi connectivity index (χ1v) is 10.4. The molecule has 31 heavy (non-hydrogen) atoms. The van der Waals surface area contributed by atoms with Crippen molar-refractivity contribution in [1.29, 1.82) is 0 Å². The molecule has 2 aromatic heterocycles. The summed E-state index contributed by atoms with van der Waals surface area (Å²) in [5.41, 5.74) is 4.68. The molecule has 1 amide bonds. The number of benzene rings is 1. The summed E-state index contributed by atoms with van der Waals surface area (Å²) < 4.78 is 7.18. The van der Waals surface area contributed by atoms with Crippen LogP contribution in [0.2, 0.25) is 0 Å². The van der Waals surface area contributed by atoms with Gasteiger partial charge in [0, 0.05) is 56.0 Å².